The number of hydrogen-bond acceptors (Lipinski definition) is 7. The highest BCUT2D eigenvalue weighted by atomic mass is 19.4. The Morgan fingerprint density at radius 1 is 1.15 bits per heavy atom. The molecule has 1 saturated carbocycles. The highest BCUT2D eigenvalue weighted by Crippen LogP contribution is 2.41. The average molecular weight is 540 g/mol. The summed E-state index contributed by atoms with van der Waals surface area (Å²) in [5.74, 6) is -0.418. The summed E-state index contributed by atoms with van der Waals surface area (Å²) in [4.78, 5) is 4.03. The maximum atomic E-state index is 14.3. The molecule has 204 valence electrons. The van der Waals surface area contributed by atoms with Crippen molar-refractivity contribution >= 4 is 22.3 Å². The molecule has 2 aliphatic rings. The molecule has 1 aromatic heterocycles. The second-order valence-corrected chi connectivity index (χ2v) is 11.1. The number of nitriles is 1. The van der Waals surface area contributed by atoms with Gasteiger partial charge >= 0.3 is 6.18 Å². The van der Waals surface area contributed by atoms with Crippen LogP contribution in [-0.2, 0) is 6.18 Å². The minimum Gasteiger partial charge on any atom is -0.383 e. The zero-order valence-electron chi connectivity index (χ0n) is 21.7. The largest absolute Gasteiger partial charge is 0.418 e. The van der Waals surface area contributed by atoms with E-state index in [-0.39, 0.29) is 27.6 Å². The molecule has 1 unspecified atom stereocenters. The van der Waals surface area contributed by atoms with Crippen molar-refractivity contribution in [3.8, 4) is 6.07 Å². The Labute approximate surface area is 223 Å². The van der Waals surface area contributed by atoms with Crippen LogP contribution in [0.2, 0.25) is 0 Å². The number of benzene rings is 2. The number of halogens is 4. The summed E-state index contributed by atoms with van der Waals surface area (Å²) in [7, 11) is 0. The highest BCUT2D eigenvalue weighted by Gasteiger charge is 2.36. The summed E-state index contributed by atoms with van der Waals surface area (Å²) >= 11 is 0. The molecule has 39 heavy (non-hydrogen) atoms. The van der Waals surface area contributed by atoms with Crippen LogP contribution >= 0.6 is 0 Å². The molecule has 1 aliphatic heterocycles. The average Bonchev–Trinajstić information content (AvgIpc) is 3.61. The first-order chi connectivity index (χ1) is 18.4. The zero-order valence-corrected chi connectivity index (χ0v) is 21.7. The number of alkyl halides is 3. The van der Waals surface area contributed by atoms with E-state index in [1.807, 2.05) is 38.0 Å². The van der Waals surface area contributed by atoms with Crippen LogP contribution in [0.4, 0.5) is 28.9 Å². The molecule has 0 amide bonds. The summed E-state index contributed by atoms with van der Waals surface area (Å²) < 4.78 is 56.6. The number of hydrogen-bond donors (Lipinski definition) is 4. The number of rotatable bonds is 7. The van der Waals surface area contributed by atoms with Gasteiger partial charge in [0.15, 0.2) is 0 Å². The van der Waals surface area contributed by atoms with E-state index in [1.54, 1.807) is 18.2 Å². The maximum absolute atomic E-state index is 14.3. The molecule has 2 aromatic carbocycles. The van der Waals surface area contributed by atoms with Gasteiger partial charge in [-0.1, -0.05) is 32.9 Å². The van der Waals surface area contributed by atoms with Crippen molar-refractivity contribution < 1.29 is 17.6 Å². The van der Waals surface area contributed by atoms with Crippen LogP contribution in [-0.4, -0.2) is 22.6 Å². The predicted octanol–water partition coefficient (Wildman–Crippen LogP) is 6.20. The smallest absolute Gasteiger partial charge is 0.383 e. The molecule has 5 rings (SSSR count). The molecular weight excluding hydrogens is 510 g/mol. The number of nitrogens with one attached hydrogen (secondary N) is 4. The molecule has 1 fully saturated rings. The molecule has 1 atom stereocenters. The van der Waals surface area contributed by atoms with E-state index >= 15 is 0 Å². The van der Waals surface area contributed by atoms with Crippen molar-refractivity contribution in [1.29, 1.82) is 5.26 Å². The van der Waals surface area contributed by atoms with Crippen molar-refractivity contribution in [2.75, 3.05) is 17.2 Å². The van der Waals surface area contributed by atoms with Crippen LogP contribution in [0.5, 0.6) is 0 Å². The summed E-state index contributed by atoms with van der Waals surface area (Å²) in [5.41, 5.74) is 6.75. The summed E-state index contributed by atoms with van der Waals surface area (Å²) in [6.45, 7) is 6.38. The first kappa shape index (κ1) is 26.6. The Morgan fingerprint density at radius 2 is 1.87 bits per heavy atom. The van der Waals surface area contributed by atoms with Crippen LogP contribution in [0.3, 0.4) is 0 Å². The third-order valence-electron chi connectivity index (χ3n) is 6.57. The molecule has 4 N–H and O–H groups in total. The summed E-state index contributed by atoms with van der Waals surface area (Å²) in [5, 5.41) is 18.2. The van der Waals surface area contributed by atoms with E-state index < -0.39 is 23.6 Å². The molecule has 0 bridgehead atoms. The minimum atomic E-state index is -4.70. The van der Waals surface area contributed by atoms with Gasteiger partial charge in [0.2, 0.25) is 0 Å². The Morgan fingerprint density at radius 3 is 2.49 bits per heavy atom. The van der Waals surface area contributed by atoms with Crippen molar-refractivity contribution in [3.63, 3.8) is 0 Å². The van der Waals surface area contributed by atoms with Gasteiger partial charge in [0.1, 0.15) is 11.9 Å². The second-order valence-electron chi connectivity index (χ2n) is 11.1. The lowest BCUT2D eigenvalue weighted by Crippen LogP contribution is -2.38. The van der Waals surface area contributed by atoms with Gasteiger partial charge in [0, 0.05) is 36.1 Å². The highest BCUT2D eigenvalue weighted by molar-refractivity contribution is 5.98. The third kappa shape index (κ3) is 5.86. The number of hydrazine groups is 2. The van der Waals surface area contributed by atoms with E-state index in [4.69, 9.17) is 0 Å². The second kappa shape index (κ2) is 9.93. The van der Waals surface area contributed by atoms with Gasteiger partial charge in [0.25, 0.3) is 0 Å². The van der Waals surface area contributed by atoms with Crippen LogP contribution in [0.15, 0.2) is 54.5 Å². The predicted molar refractivity (Wildman–Crippen MR) is 141 cm³/mol. The van der Waals surface area contributed by atoms with Gasteiger partial charge in [-0.15, -0.1) is 5.53 Å². The number of anilines is 2. The zero-order chi connectivity index (χ0) is 27.9. The normalized spacial score (nSPS) is 16.5. The van der Waals surface area contributed by atoms with E-state index in [9.17, 15) is 22.8 Å². The molecule has 0 saturated heterocycles. The van der Waals surface area contributed by atoms with E-state index in [0.717, 1.165) is 18.9 Å². The standard InChI is InChI=1S/C28H29F4N7/c1-27(2,3)15-35-24-17(12-33)13-34-26-21(24)10-19(11-22(26)28(30,31)32)36-25(16-4-6-18(29)7-5-16)23-14-39(38-37-23)20-8-9-20/h4-7,10-11,13-14,20,25,36-38H,8-9,15H2,1-3H3,(H,34,35). The number of pyridine rings is 1. The fourth-order valence-electron chi connectivity index (χ4n) is 4.43. The molecule has 0 radical (unpaired) electrons. The number of nitrogens with zero attached hydrogens (tertiary/aromatic N) is 3. The lowest BCUT2D eigenvalue weighted by Gasteiger charge is -2.24. The summed E-state index contributed by atoms with van der Waals surface area (Å²) in [6.07, 6.45) is 0.411. The van der Waals surface area contributed by atoms with Crippen LogP contribution < -0.4 is 21.6 Å². The SMILES string of the molecule is CC(C)(C)CNc1c(C#N)cnc2c(C(F)(F)F)cc(NC(C3=CN(C4CC4)NN3)c3ccc(F)cc3)cc12. The molecule has 2 heterocycles. The molecule has 0 spiro atoms. The molecule has 7 nitrogen and oxygen atoms in total. The van der Waals surface area contributed by atoms with E-state index in [0.29, 0.717) is 29.5 Å². The minimum absolute atomic E-state index is 0.150. The first-order valence-corrected chi connectivity index (χ1v) is 12.6. The van der Waals surface area contributed by atoms with Gasteiger partial charge in [-0.05, 0) is 48.1 Å². The quantitative estimate of drug-likeness (QED) is 0.266. The van der Waals surface area contributed by atoms with Crippen molar-refractivity contribution in [2.45, 2.75) is 51.9 Å². The summed E-state index contributed by atoms with van der Waals surface area (Å²) in [6, 6.07) is 10.2. The Bertz CT molecular complexity index is 1450. The lowest BCUT2D eigenvalue weighted by molar-refractivity contribution is -0.136. The fourth-order valence-corrected chi connectivity index (χ4v) is 4.43. The Hall–Kier alpha value is -4.04. The molecule has 1 aliphatic carbocycles. The number of fused-ring (bicyclic) bond motifs is 1. The van der Waals surface area contributed by atoms with E-state index in [1.165, 1.54) is 18.3 Å². The van der Waals surface area contributed by atoms with Crippen LogP contribution in [0, 0.1) is 22.6 Å². The molecule has 11 heteroatoms. The van der Waals surface area contributed by atoms with Crippen LogP contribution in [0.1, 0.15) is 56.3 Å². The lowest BCUT2D eigenvalue weighted by atomic mass is 9.96. The maximum Gasteiger partial charge on any atom is 0.418 e. The van der Waals surface area contributed by atoms with Gasteiger partial charge in [-0.3, -0.25) is 9.99 Å². The Kier molecular flexibility index (Phi) is 6.76. The van der Waals surface area contributed by atoms with Gasteiger partial charge in [-0.25, -0.2) is 4.39 Å². The Balaban J connectivity index is 1.63. The molecule has 3 aromatic rings. The monoisotopic (exact) mass is 539 g/mol. The topological polar surface area (TPSA) is 88.0 Å². The molecular formula is C28H29F4N7. The van der Waals surface area contributed by atoms with Gasteiger partial charge in [-0.2, -0.15) is 18.4 Å². The van der Waals surface area contributed by atoms with Gasteiger partial charge in [0.05, 0.1) is 34.1 Å². The van der Waals surface area contributed by atoms with Crippen molar-refractivity contribution in [3.05, 3.63) is 77.0 Å². The van der Waals surface area contributed by atoms with E-state index in [2.05, 4.69) is 26.6 Å². The fraction of sp³-hybridized carbons (Fsp3) is 0.357. The van der Waals surface area contributed by atoms with Gasteiger partial charge < -0.3 is 16.1 Å². The van der Waals surface area contributed by atoms with Crippen molar-refractivity contribution in [1.82, 2.24) is 21.0 Å². The third-order valence-corrected chi connectivity index (χ3v) is 6.57. The number of aromatic nitrogens is 1. The van der Waals surface area contributed by atoms with Crippen LogP contribution in [0.25, 0.3) is 10.9 Å². The van der Waals surface area contributed by atoms with Crippen molar-refractivity contribution in [2.24, 2.45) is 5.41 Å². The first-order valence-electron chi connectivity index (χ1n) is 12.6.